The molecule has 2 rings (SSSR count). The maximum absolute atomic E-state index is 8.61. The van der Waals surface area contributed by atoms with Gasteiger partial charge in [0.25, 0.3) is 0 Å². The van der Waals surface area contributed by atoms with Crippen molar-refractivity contribution in [2.75, 3.05) is 13.2 Å². The van der Waals surface area contributed by atoms with Gasteiger partial charge in [-0.15, -0.1) is 11.3 Å². The van der Waals surface area contributed by atoms with Crippen LogP contribution in [0.15, 0.2) is 29.9 Å². The van der Waals surface area contributed by atoms with Crippen molar-refractivity contribution in [1.29, 1.82) is 0 Å². The standard InChI is InChI=1S/C11H12N2O2S/c14-5-1-6-15-9-2-3-10(13-8-9)11-12-4-7-16-11/h2-4,7-8,14H,1,5-6H2. The summed E-state index contributed by atoms with van der Waals surface area (Å²) in [6.45, 7) is 0.652. The first-order chi connectivity index (χ1) is 7.90. The van der Waals surface area contributed by atoms with Gasteiger partial charge in [-0.25, -0.2) is 9.97 Å². The molecule has 0 fully saturated rings. The number of pyridine rings is 1. The van der Waals surface area contributed by atoms with E-state index in [0.717, 1.165) is 10.7 Å². The van der Waals surface area contributed by atoms with Crippen LogP contribution in [0.1, 0.15) is 6.42 Å². The zero-order valence-corrected chi connectivity index (χ0v) is 9.48. The van der Waals surface area contributed by atoms with Crippen molar-refractivity contribution in [2.24, 2.45) is 0 Å². The number of ether oxygens (including phenoxy) is 1. The van der Waals surface area contributed by atoms with Crippen molar-refractivity contribution in [3.63, 3.8) is 0 Å². The fourth-order valence-corrected chi connectivity index (χ4v) is 1.81. The number of rotatable bonds is 5. The predicted molar refractivity (Wildman–Crippen MR) is 62.5 cm³/mol. The van der Waals surface area contributed by atoms with Gasteiger partial charge in [-0.05, 0) is 12.1 Å². The monoisotopic (exact) mass is 236 g/mol. The Hall–Kier alpha value is -1.46. The molecule has 1 N–H and O–H groups in total. The Morgan fingerprint density at radius 3 is 2.88 bits per heavy atom. The maximum Gasteiger partial charge on any atom is 0.141 e. The van der Waals surface area contributed by atoms with Crippen molar-refractivity contribution in [2.45, 2.75) is 6.42 Å². The van der Waals surface area contributed by atoms with Gasteiger partial charge in [-0.3, -0.25) is 0 Å². The Morgan fingerprint density at radius 1 is 1.31 bits per heavy atom. The number of thiazole rings is 1. The Balaban J connectivity index is 2.00. The van der Waals surface area contributed by atoms with Crippen LogP contribution in [0.5, 0.6) is 5.75 Å². The lowest BCUT2D eigenvalue weighted by molar-refractivity contribution is 0.233. The minimum Gasteiger partial charge on any atom is -0.492 e. The molecule has 0 aliphatic heterocycles. The average Bonchev–Trinajstić information content (AvgIpc) is 2.84. The molecular weight excluding hydrogens is 224 g/mol. The van der Waals surface area contributed by atoms with E-state index in [1.54, 1.807) is 23.7 Å². The van der Waals surface area contributed by atoms with Crippen LogP contribution < -0.4 is 4.74 Å². The molecule has 2 heterocycles. The summed E-state index contributed by atoms with van der Waals surface area (Å²) in [5.41, 5.74) is 0.851. The lowest BCUT2D eigenvalue weighted by atomic mass is 10.3. The molecule has 2 aromatic rings. The molecule has 0 saturated heterocycles. The number of aliphatic hydroxyl groups is 1. The van der Waals surface area contributed by atoms with E-state index in [0.29, 0.717) is 18.8 Å². The van der Waals surface area contributed by atoms with Crippen LogP contribution in [0.3, 0.4) is 0 Å². The quantitative estimate of drug-likeness (QED) is 0.806. The van der Waals surface area contributed by atoms with Gasteiger partial charge < -0.3 is 9.84 Å². The molecule has 0 saturated carbocycles. The van der Waals surface area contributed by atoms with Gasteiger partial charge in [-0.2, -0.15) is 0 Å². The second kappa shape index (κ2) is 5.58. The molecule has 0 amide bonds. The maximum atomic E-state index is 8.61. The van der Waals surface area contributed by atoms with Gasteiger partial charge in [-0.1, -0.05) is 0 Å². The van der Waals surface area contributed by atoms with E-state index in [4.69, 9.17) is 9.84 Å². The molecule has 0 aliphatic rings. The topological polar surface area (TPSA) is 55.2 Å². The molecule has 0 unspecified atom stereocenters. The molecule has 2 aromatic heterocycles. The average molecular weight is 236 g/mol. The third-order valence-electron chi connectivity index (χ3n) is 1.96. The largest absolute Gasteiger partial charge is 0.492 e. The highest BCUT2D eigenvalue weighted by Gasteiger charge is 2.01. The molecule has 84 valence electrons. The summed E-state index contributed by atoms with van der Waals surface area (Å²) < 4.78 is 5.38. The van der Waals surface area contributed by atoms with Crippen LogP contribution in [0.2, 0.25) is 0 Å². The molecule has 0 bridgehead atoms. The Kier molecular flexibility index (Phi) is 3.85. The highest BCUT2D eigenvalue weighted by molar-refractivity contribution is 7.13. The van der Waals surface area contributed by atoms with Crippen molar-refractivity contribution in [3.8, 4) is 16.5 Å². The molecule has 4 nitrogen and oxygen atoms in total. The van der Waals surface area contributed by atoms with Crippen molar-refractivity contribution < 1.29 is 9.84 Å². The molecule has 0 radical (unpaired) electrons. The fourth-order valence-electron chi connectivity index (χ4n) is 1.20. The number of hydrogen-bond acceptors (Lipinski definition) is 5. The summed E-state index contributed by atoms with van der Waals surface area (Å²) in [4.78, 5) is 8.43. The molecule has 0 atom stereocenters. The Morgan fingerprint density at radius 2 is 2.25 bits per heavy atom. The lowest BCUT2D eigenvalue weighted by Gasteiger charge is -2.04. The van der Waals surface area contributed by atoms with Gasteiger partial charge in [0.05, 0.1) is 18.5 Å². The van der Waals surface area contributed by atoms with E-state index >= 15 is 0 Å². The summed E-state index contributed by atoms with van der Waals surface area (Å²) in [6.07, 6.45) is 4.07. The second-order valence-electron chi connectivity index (χ2n) is 3.14. The summed E-state index contributed by atoms with van der Waals surface area (Å²) >= 11 is 1.56. The molecular formula is C11H12N2O2S. The highest BCUT2D eigenvalue weighted by atomic mass is 32.1. The zero-order chi connectivity index (χ0) is 11.2. The molecule has 0 aliphatic carbocycles. The minimum atomic E-state index is 0.143. The third-order valence-corrected chi connectivity index (χ3v) is 2.75. The first-order valence-electron chi connectivity index (χ1n) is 5.00. The molecule has 5 heteroatoms. The minimum absolute atomic E-state index is 0.143. The zero-order valence-electron chi connectivity index (χ0n) is 8.67. The van der Waals surface area contributed by atoms with Gasteiger partial charge in [0, 0.05) is 24.6 Å². The first kappa shape index (κ1) is 11.0. The van der Waals surface area contributed by atoms with E-state index in [9.17, 15) is 0 Å². The predicted octanol–water partition coefficient (Wildman–Crippen LogP) is 1.97. The van der Waals surface area contributed by atoms with Gasteiger partial charge in [0.15, 0.2) is 0 Å². The summed E-state index contributed by atoms with van der Waals surface area (Å²) in [6, 6.07) is 3.74. The van der Waals surface area contributed by atoms with Crippen molar-refractivity contribution >= 4 is 11.3 Å². The number of nitrogens with zero attached hydrogens (tertiary/aromatic N) is 2. The highest BCUT2D eigenvalue weighted by Crippen LogP contribution is 2.21. The van der Waals surface area contributed by atoms with Crippen LogP contribution >= 0.6 is 11.3 Å². The Labute approximate surface area is 97.6 Å². The van der Waals surface area contributed by atoms with E-state index in [1.807, 2.05) is 17.5 Å². The smallest absolute Gasteiger partial charge is 0.141 e. The number of aliphatic hydroxyl groups excluding tert-OH is 1. The molecule has 0 spiro atoms. The van der Waals surface area contributed by atoms with E-state index in [1.165, 1.54) is 0 Å². The SMILES string of the molecule is OCCCOc1ccc(-c2nccs2)nc1. The summed E-state index contributed by atoms with van der Waals surface area (Å²) in [5.74, 6) is 0.716. The fraction of sp³-hybridized carbons (Fsp3) is 0.273. The van der Waals surface area contributed by atoms with Crippen molar-refractivity contribution in [3.05, 3.63) is 29.9 Å². The summed E-state index contributed by atoms with van der Waals surface area (Å²) in [7, 11) is 0. The number of aromatic nitrogens is 2. The second-order valence-corrected chi connectivity index (χ2v) is 4.04. The Bertz CT molecular complexity index is 414. The van der Waals surface area contributed by atoms with Gasteiger partial charge in [0.1, 0.15) is 10.8 Å². The number of hydrogen-bond donors (Lipinski definition) is 1. The van der Waals surface area contributed by atoms with Crippen LogP contribution in [0.4, 0.5) is 0 Å². The lowest BCUT2D eigenvalue weighted by Crippen LogP contribution is -1.99. The molecule has 16 heavy (non-hydrogen) atoms. The van der Waals surface area contributed by atoms with E-state index in [-0.39, 0.29) is 6.61 Å². The first-order valence-corrected chi connectivity index (χ1v) is 5.87. The van der Waals surface area contributed by atoms with Crippen LogP contribution in [0.25, 0.3) is 10.7 Å². The van der Waals surface area contributed by atoms with Crippen LogP contribution in [0, 0.1) is 0 Å². The van der Waals surface area contributed by atoms with Crippen LogP contribution in [-0.2, 0) is 0 Å². The van der Waals surface area contributed by atoms with E-state index in [2.05, 4.69) is 9.97 Å². The van der Waals surface area contributed by atoms with Gasteiger partial charge in [0.2, 0.25) is 0 Å². The molecule has 0 aromatic carbocycles. The van der Waals surface area contributed by atoms with Crippen molar-refractivity contribution in [1.82, 2.24) is 9.97 Å². The normalized spacial score (nSPS) is 10.3. The summed E-state index contributed by atoms with van der Waals surface area (Å²) in [5, 5.41) is 11.4. The van der Waals surface area contributed by atoms with Crippen LogP contribution in [-0.4, -0.2) is 28.3 Å². The van der Waals surface area contributed by atoms with E-state index < -0.39 is 0 Å². The van der Waals surface area contributed by atoms with Gasteiger partial charge >= 0.3 is 0 Å². The third kappa shape index (κ3) is 2.77.